The van der Waals surface area contributed by atoms with Crippen LogP contribution in [0.25, 0.3) is 33.1 Å². The first-order valence-corrected chi connectivity index (χ1v) is 6.95. The lowest BCUT2D eigenvalue weighted by molar-refractivity contribution is 1.16. The normalized spacial score (nSPS) is 16.4. The number of rotatable bonds is 0. The summed E-state index contributed by atoms with van der Waals surface area (Å²) in [4.78, 5) is 9.16. The maximum absolute atomic E-state index is 8.70. The van der Waals surface area contributed by atoms with Crippen LogP contribution in [-0.4, -0.2) is 9.97 Å². The zero-order chi connectivity index (χ0) is 15.6. The van der Waals surface area contributed by atoms with Crippen LogP contribution in [-0.2, 0) is 6.37 Å². The Morgan fingerprint density at radius 2 is 1.81 bits per heavy atom. The second-order valence-corrected chi connectivity index (χ2v) is 5.26. The van der Waals surface area contributed by atoms with E-state index in [4.69, 9.17) is 7.73 Å². The maximum atomic E-state index is 8.70. The summed E-state index contributed by atoms with van der Waals surface area (Å²) in [5.41, 5.74) is 4.67. The highest BCUT2D eigenvalue weighted by atomic mass is 14.7. The van der Waals surface area contributed by atoms with Crippen LogP contribution < -0.4 is 0 Å². The fraction of sp³-hybridized carbons (Fsp3) is 0.0526. The van der Waals surface area contributed by atoms with Crippen molar-refractivity contribution in [2.45, 2.75) is 6.37 Å². The predicted molar refractivity (Wildman–Crippen MR) is 85.3 cm³/mol. The molecule has 4 aromatic rings. The molecule has 0 N–H and O–H groups in total. The molecule has 5 rings (SSSR count). The summed E-state index contributed by atoms with van der Waals surface area (Å²) in [7, 11) is 0. The van der Waals surface area contributed by atoms with Crippen LogP contribution in [0.2, 0.25) is 0 Å². The van der Waals surface area contributed by atoms with Gasteiger partial charge in [0.25, 0.3) is 0 Å². The molecular weight excluding hydrogens is 256 g/mol. The molecule has 0 fully saturated rings. The Morgan fingerprint density at radius 1 is 0.905 bits per heavy atom. The van der Waals surface area contributed by atoms with Gasteiger partial charge in [-0.2, -0.15) is 0 Å². The Labute approximate surface area is 124 Å². The molecule has 0 saturated heterocycles. The SMILES string of the molecule is [2H]C1([2H])c2cc3ccccc3nc2-c2ccnc3cccc1c23. The molecule has 0 radical (unpaired) electrons. The van der Waals surface area contributed by atoms with Crippen LogP contribution in [0.3, 0.4) is 0 Å². The Morgan fingerprint density at radius 3 is 2.81 bits per heavy atom. The van der Waals surface area contributed by atoms with Crippen molar-refractivity contribution >= 4 is 21.8 Å². The van der Waals surface area contributed by atoms with Crippen LogP contribution in [0, 0.1) is 0 Å². The van der Waals surface area contributed by atoms with Crippen molar-refractivity contribution in [2.75, 3.05) is 0 Å². The third-order valence-corrected chi connectivity index (χ3v) is 4.02. The monoisotopic (exact) mass is 270 g/mol. The highest BCUT2D eigenvalue weighted by Gasteiger charge is 2.20. The van der Waals surface area contributed by atoms with Crippen molar-refractivity contribution in [3.63, 3.8) is 0 Å². The molecule has 1 aliphatic rings. The lowest BCUT2D eigenvalue weighted by atomic mass is 9.87. The van der Waals surface area contributed by atoms with Crippen molar-refractivity contribution in [1.29, 1.82) is 0 Å². The molecule has 98 valence electrons. The number of nitrogens with zero attached hydrogens (tertiary/aromatic N) is 2. The summed E-state index contributed by atoms with van der Waals surface area (Å²) in [6, 6.07) is 17.3. The van der Waals surface area contributed by atoms with Gasteiger partial charge in [0.1, 0.15) is 0 Å². The molecule has 0 atom stereocenters. The van der Waals surface area contributed by atoms with Crippen LogP contribution in [0.5, 0.6) is 0 Å². The molecule has 21 heavy (non-hydrogen) atoms. The van der Waals surface area contributed by atoms with E-state index in [9.17, 15) is 0 Å². The van der Waals surface area contributed by atoms with Crippen molar-refractivity contribution in [1.82, 2.24) is 9.97 Å². The van der Waals surface area contributed by atoms with Crippen LogP contribution in [0.4, 0.5) is 0 Å². The number of hydrogen-bond donors (Lipinski definition) is 0. The molecule has 0 spiro atoms. The smallest absolute Gasteiger partial charge is 0.0752 e. The number of benzene rings is 2. The highest BCUT2D eigenvalue weighted by Crippen LogP contribution is 2.38. The molecule has 0 unspecified atom stereocenters. The molecule has 0 aliphatic heterocycles. The van der Waals surface area contributed by atoms with E-state index in [1.54, 1.807) is 6.20 Å². The van der Waals surface area contributed by atoms with Crippen molar-refractivity contribution in [2.24, 2.45) is 0 Å². The van der Waals surface area contributed by atoms with Gasteiger partial charge in [0.05, 0.1) is 16.7 Å². The second kappa shape index (κ2) is 3.89. The average Bonchev–Trinajstić information content (AvgIpc) is 2.58. The summed E-state index contributed by atoms with van der Waals surface area (Å²) in [5, 5.41) is 1.83. The number of aromatic nitrogens is 2. The van der Waals surface area contributed by atoms with E-state index >= 15 is 0 Å². The van der Waals surface area contributed by atoms with Gasteiger partial charge in [-0.3, -0.25) is 4.98 Å². The number of fused-ring (bicyclic) bond motifs is 3. The molecule has 0 bridgehead atoms. The first-order valence-electron chi connectivity index (χ1n) is 7.95. The van der Waals surface area contributed by atoms with Gasteiger partial charge in [-0.05, 0) is 35.4 Å². The maximum Gasteiger partial charge on any atom is 0.0752 e. The third-order valence-electron chi connectivity index (χ3n) is 4.02. The van der Waals surface area contributed by atoms with Gasteiger partial charge in [-0.1, -0.05) is 30.3 Å². The van der Waals surface area contributed by atoms with E-state index in [0.717, 1.165) is 33.1 Å². The molecule has 2 aromatic carbocycles. The molecule has 2 heteroatoms. The van der Waals surface area contributed by atoms with Crippen molar-refractivity contribution < 1.29 is 2.74 Å². The molecule has 2 nitrogen and oxygen atoms in total. The van der Waals surface area contributed by atoms with E-state index in [1.807, 2.05) is 54.6 Å². The molecule has 2 heterocycles. The van der Waals surface area contributed by atoms with Gasteiger partial charge in [0, 0.05) is 31.6 Å². The third kappa shape index (κ3) is 1.47. The lowest BCUT2D eigenvalue weighted by Crippen LogP contribution is -2.04. The Kier molecular flexibility index (Phi) is 1.71. The summed E-state index contributed by atoms with van der Waals surface area (Å²) in [6.45, 7) is 0. The van der Waals surface area contributed by atoms with Gasteiger partial charge in [-0.25, -0.2) is 4.98 Å². The minimum absolute atomic E-state index is 0.627. The summed E-state index contributed by atoms with van der Waals surface area (Å²) < 4.78 is 17.4. The van der Waals surface area contributed by atoms with Gasteiger partial charge >= 0.3 is 0 Å². The number of pyridine rings is 2. The fourth-order valence-electron chi connectivity index (χ4n) is 3.07. The Bertz CT molecular complexity index is 1100. The van der Waals surface area contributed by atoms with Crippen molar-refractivity contribution in [3.05, 3.63) is 71.9 Å². The van der Waals surface area contributed by atoms with Gasteiger partial charge in [0.2, 0.25) is 0 Å². The quantitative estimate of drug-likeness (QED) is 0.474. The van der Waals surface area contributed by atoms with E-state index < -0.39 is 6.37 Å². The topological polar surface area (TPSA) is 25.8 Å². The Hall–Kier alpha value is -2.74. The van der Waals surface area contributed by atoms with E-state index in [0.29, 0.717) is 11.1 Å². The largest absolute Gasteiger partial charge is 0.256 e. The zero-order valence-electron chi connectivity index (χ0n) is 13.2. The Balaban J connectivity index is 2.02. The van der Waals surface area contributed by atoms with Gasteiger partial charge < -0.3 is 0 Å². The first kappa shape index (κ1) is 9.24. The summed E-state index contributed by atoms with van der Waals surface area (Å²) >= 11 is 0. The standard InChI is InChI=1S/C19H12N2/c1-2-6-16-12(4-1)10-14-11-13-5-3-7-17-18(13)15(8-9-20-17)19(14)21-16/h1-10H,11H2/i11D2. The molecule has 0 amide bonds. The minimum Gasteiger partial charge on any atom is -0.256 e. The summed E-state index contributed by atoms with van der Waals surface area (Å²) in [5.74, 6) is 0. The zero-order valence-corrected chi connectivity index (χ0v) is 11.2. The number of para-hydroxylation sites is 1. The predicted octanol–water partition coefficient (Wildman–Crippen LogP) is 4.35. The average molecular weight is 270 g/mol. The van der Waals surface area contributed by atoms with Gasteiger partial charge in [0.15, 0.2) is 0 Å². The van der Waals surface area contributed by atoms with Crippen LogP contribution in [0.15, 0.2) is 60.8 Å². The highest BCUT2D eigenvalue weighted by molar-refractivity contribution is 6.00. The molecular formula is C19H12N2. The van der Waals surface area contributed by atoms with E-state index in [1.165, 1.54) is 0 Å². The fourth-order valence-corrected chi connectivity index (χ4v) is 3.07. The van der Waals surface area contributed by atoms with Gasteiger partial charge in [-0.15, -0.1) is 0 Å². The van der Waals surface area contributed by atoms with E-state index in [2.05, 4.69) is 4.98 Å². The van der Waals surface area contributed by atoms with Crippen LogP contribution >= 0.6 is 0 Å². The lowest BCUT2D eigenvalue weighted by Gasteiger charge is -2.20. The van der Waals surface area contributed by atoms with Crippen molar-refractivity contribution in [3.8, 4) is 11.3 Å². The van der Waals surface area contributed by atoms with E-state index in [-0.39, 0.29) is 0 Å². The second-order valence-electron chi connectivity index (χ2n) is 5.26. The minimum atomic E-state index is -1.58. The molecule has 0 saturated carbocycles. The first-order chi connectivity index (χ1) is 11.2. The number of hydrogen-bond acceptors (Lipinski definition) is 2. The molecule has 2 aromatic heterocycles. The van der Waals surface area contributed by atoms with Crippen LogP contribution in [0.1, 0.15) is 13.9 Å². The summed E-state index contributed by atoms with van der Waals surface area (Å²) in [6.07, 6.45) is 0.185. The molecule has 1 aliphatic carbocycles.